The number of benzene rings is 13. The van der Waals surface area contributed by atoms with Gasteiger partial charge in [0.1, 0.15) is 0 Å². The Balaban J connectivity index is 0.964. The molecule has 4 nitrogen and oxygen atoms in total. The molecule has 5 heterocycles. The second kappa shape index (κ2) is 20.6. The van der Waals surface area contributed by atoms with Crippen LogP contribution in [0.5, 0.6) is 0 Å². The molecule has 0 fully saturated rings. The van der Waals surface area contributed by atoms with Crippen molar-refractivity contribution < 1.29 is 0 Å². The topological polar surface area (TPSA) is 13.0 Å². The zero-order chi connectivity index (χ0) is 57.1. The Hall–Kier alpha value is -9.55. The maximum absolute atomic E-state index is 2.75. The number of fused-ring (bicyclic) bond motifs is 11. The monoisotopic (exact) mass is 1260 g/mol. The SMILES string of the molecule is c1ccc(N(c2ccccc2)c2cc3c4c(c2)N(c2ccccc2)c2ccccc2B4c2cc4c(c(-c5cccc6sc7ccccc7c56)c2[Se]3)[Se]c2cc(N(c3ccccc3)c3ccccc3)cc3c2B4c2ccccc2N3c2ccccc2)cc1. The molecule has 4 aliphatic heterocycles. The van der Waals surface area contributed by atoms with Gasteiger partial charge >= 0.3 is 528 Å². The molecule has 87 heavy (non-hydrogen) atoms. The maximum atomic E-state index is 2.75. The van der Waals surface area contributed by atoms with E-state index in [1.165, 1.54) is 105 Å². The van der Waals surface area contributed by atoms with Crippen molar-refractivity contribution in [2.45, 2.75) is 0 Å². The summed E-state index contributed by atoms with van der Waals surface area (Å²) in [6, 6.07) is 114. The number of nitrogens with zero attached hydrogens (tertiary/aromatic N) is 4. The zero-order valence-electron chi connectivity index (χ0n) is 47.0. The fourth-order valence-corrected chi connectivity index (χ4v) is 21.4. The quantitative estimate of drug-likeness (QED) is 0.134. The van der Waals surface area contributed by atoms with Gasteiger partial charge in [-0.25, -0.2) is 0 Å². The predicted octanol–water partition coefficient (Wildman–Crippen LogP) is 13.2. The first-order valence-corrected chi connectivity index (χ1v) is 34.0. The van der Waals surface area contributed by atoms with Crippen molar-refractivity contribution in [1.29, 1.82) is 0 Å². The third kappa shape index (κ3) is 8.05. The summed E-state index contributed by atoms with van der Waals surface area (Å²) in [6.45, 7) is -0.0909. The van der Waals surface area contributed by atoms with Crippen molar-refractivity contribution >= 4 is 194 Å². The average molecular weight is 1250 g/mol. The van der Waals surface area contributed by atoms with Crippen LogP contribution in [-0.2, 0) is 0 Å². The molecule has 14 aromatic rings. The molecular weight excluding hydrogens is 1200 g/mol. The normalized spacial score (nSPS) is 13.1. The molecule has 0 N–H and O–H groups in total. The molecule has 0 radical (unpaired) electrons. The Bertz CT molecular complexity index is 4700. The van der Waals surface area contributed by atoms with Crippen LogP contribution in [0.3, 0.4) is 0 Å². The zero-order valence-corrected chi connectivity index (χ0v) is 51.3. The molecule has 1 aromatic heterocycles. The van der Waals surface area contributed by atoms with Gasteiger partial charge in [0.05, 0.1) is 0 Å². The summed E-state index contributed by atoms with van der Waals surface area (Å²) in [6.07, 6.45) is 0. The van der Waals surface area contributed by atoms with Gasteiger partial charge in [-0.1, -0.05) is 0 Å². The Kier molecular flexibility index (Phi) is 12.0. The number of para-hydroxylation sites is 8. The Labute approximate surface area is 523 Å². The second-order valence-corrected chi connectivity index (χ2v) is 28.2. The van der Waals surface area contributed by atoms with E-state index in [9.17, 15) is 0 Å². The average Bonchev–Trinajstić information content (AvgIpc) is 0.831. The molecule has 13 aromatic carbocycles. The van der Waals surface area contributed by atoms with Crippen LogP contribution in [0.2, 0.25) is 0 Å². The molecule has 0 aliphatic carbocycles. The standard InChI is InChI=1S/C78H50B2N4SSe2/c1-7-26-51(27-8-1)81(52-28-9-2-10-29-52)57-46-67-75-71(48-57)86-77-63(79(75)61-40-20-22-42-65(61)83(67)55-34-15-5-16-35-55)50-64-78(74(77)60-39-25-45-70-73(60)59-38-19-24-44-69(59)85-70)87-72-49-58(82(53-30-11-3-12-31-53)54-32-13-4-14-33-54)47-68-76(72)80(64)62-41-21-23-43-66(62)84(68)56-36-17-6-18-37-56/h1-50H. The van der Waals surface area contributed by atoms with Crippen molar-refractivity contribution in [3.63, 3.8) is 0 Å². The number of hydrogen-bond acceptors (Lipinski definition) is 5. The van der Waals surface area contributed by atoms with E-state index in [1.807, 2.05) is 11.3 Å². The first-order chi connectivity index (χ1) is 43.2. The van der Waals surface area contributed by atoms with Crippen LogP contribution >= 0.6 is 11.3 Å². The summed E-state index contributed by atoms with van der Waals surface area (Å²) >= 11 is 1.60. The van der Waals surface area contributed by atoms with Crippen molar-refractivity contribution in [3.05, 3.63) is 303 Å². The van der Waals surface area contributed by atoms with Crippen LogP contribution in [0.4, 0.5) is 68.2 Å². The van der Waals surface area contributed by atoms with Crippen molar-refractivity contribution in [2.75, 3.05) is 19.6 Å². The molecule has 406 valence electrons. The third-order valence-corrected chi connectivity index (χ3v) is 24.0. The van der Waals surface area contributed by atoms with Crippen LogP contribution in [0.1, 0.15) is 0 Å². The van der Waals surface area contributed by atoms with E-state index in [2.05, 4.69) is 323 Å². The summed E-state index contributed by atoms with van der Waals surface area (Å²) in [5.41, 5.74) is 25.2. The molecule has 0 amide bonds. The van der Waals surface area contributed by atoms with Gasteiger partial charge in [-0.2, -0.15) is 0 Å². The number of anilines is 12. The summed E-state index contributed by atoms with van der Waals surface area (Å²) in [5, 5.41) is 2.69. The van der Waals surface area contributed by atoms with E-state index in [1.54, 1.807) is 0 Å². The van der Waals surface area contributed by atoms with Gasteiger partial charge < -0.3 is 0 Å². The number of rotatable bonds is 9. The molecule has 0 saturated carbocycles. The minimum atomic E-state index is -0.159. The first kappa shape index (κ1) is 50.7. The van der Waals surface area contributed by atoms with Crippen LogP contribution in [0.25, 0.3) is 31.3 Å². The summed E-state index contributed by atoms with van der Waals surface area (Å²) in [4.78, 5) is 10.1. The van der Waals surface area contributed by atoms with Gasteiger partial charge in [0.15, 0.2) is 0 Å². The second-order valence-electron chi connectivity index (χ2n) is 22.7. The molecular formula is C78H50B2N4SSe2. The van der Waals surface area contributed by atoms with Crippen LogP contribution in [0.15, 0.2) is 303 Å². The Morgan fingerprint density at radius 3 is 1.16 bits per heavy atom. The van der Waals surface area contributed by atoms with Gasteiger partial charge in [0.25, 0.3) is 0 Å². The molecule has 4 aliphatic rings. The number of hydrogen-bond donors (Lipinski definition) is 0. The van der Waals surface area contributed by atoms with Crippen molar-refractivity contribution in [2.24, 2.45) is 0 Å². The van der Waals surface area contributed by atoms with Crippen LogP contribution in [0, 0.1) is 0 Å². The molecule has 0 saturated heterocycles. The van der Waals surface area contributed by atoms with E-state index in [4.69, 9.17) is 0 Å². The fourth-order valence-electron chi connectivity index (χ4n) is 14.4. The third-order valence-electron chi connectivity index (χ3n) is 17.9. The van der Waals surface area contributed by atoms with E-state index in [0.29, 0.717) is 0 Å². The summed E-state index contributed by atoms with van der Waals surface area (Å²) in [7, 11) is 0. The summed E-state index contributed by atoms with van der Waals surface area (Å²) in [5.74, 6) is 0. The molecule has 9 heteroatoms. The first-order valence-electron chi connectivity index (χ1n) is 29.7. The summed E-state index contributed by atoms with van der Waals surface area (Å²) < 4.78 is 8.46. The molecule has 0 bridgehead atoms. The predicted molar refractivity (Wildman–Crippen MR) is 376 cm³/mol. The molecule has 0 spiro atoms. The number of thiophene rings is 1. The molecule has 0 atom stereocenters. The van der Waals surface area contributed by atoms with Gasteiger partial charge in [-0.05, 0) is 0 Å². The van der Waals surface area contributed by atoms with Gasteiger partial charge in [0, 0.05) is 0 Å². The van der Waals surface area contributed by atoms with E-state index >= 15 is 0 Å². The Morgan fingerprint density at radius 2 is 0.701 bits per heavy atom. The van der Waals surface area contributed by atoms with Crippen LogP contribution < -0.4 is 70.2 Å². The van der Waals surface area contributed by atoms with Crippen molar-refractivity contribution in [3.8, 4) is 11.1 Å². The van der Waals surface area contributed by atoms with Crippen LogP contribution in [-0.4, -0.2) is 43.3 Å². The van der Waals surface area contributed by atoms with Crippen molar-refractivity contribution in [1.82, 2.24) is 0 Å². The van der Waals surface area contributed by atoms with Gasteiger partial charge in [-0.15, -0.1) is 0 Å². The van der Waals surface area contributed by atoms with Gasteiger partial charge in [0.2, 0.25) is 0 Å². The fraction of sp³-hybridized carbons (Fsp3) is 0. The van der Waals surface area contributed by atoms with Gasteiger partial charge in [-0.3, -0.25) is 0 Å². The van der Waals surface area contributed by atoms with E-state index < -0.39 is 0 Å². The molecule has 18 rings (SSSR count). The van der Waals surface area contributed by atoms with E-state index in [0.717, 1.165) is 45.5 Å². The Morgan fingerprint density at radius 1 is 0.310 bits per heavy atom. The minimum absolute atomic E-state index is 0.0455. The molecule has 0 unspecified atom stereocenters. The van der Waals surface area contributed by atoms with E-state index in [-0.39, 0.29) is 43.3 Å².